The first kappa shape index (κ1) is 16.6. The topological polar surface area (TPSA) is 52.0 Å². The Morgan fingerprint density at radius 2 is 2.05 bits per heavy atom. The fraction of sp³-hybridized carbons (Fsp3) is 0.400. The first-order valence-electron chi connectivity index (χ1n) is 8.01. The van der Waals surface area contributed by atoms with Crippen LogP contribution < -0.4 is 11.5 Å². The predicted octanol–water partition coefficient (Wildman–Crippen LogP) is 4.29. The van der Waals surface area contributed by atoms with Crippen molar-refractivity contribution in [2.45, 2.75) is 46.1 Å². The normalized spacial score (nSPS) is 26.4. The zero-order chi connectivity index (χ0) is 16.3. The highest BCUT2D eigenvalue weighted by molar-refractivity contribution is 5.47. The third kappa shape index (κ3) is 3.69. The molecule has 0 saturated heterocycles. The Morgan fingerprint density at radius 1 is 1.32 bits per heavy atom. The molecule has 0 aliphatic heterocycles. The van der Waals surface area contributed by atoms with Crippen LogP contribution in [-0.2, 0) is 0 Å². The van der Waals surface area contributed by atoms with Gasteiger partial charge in [-0.2, -0.15) is 0 Å². The molecule has 0 radical (unpaired) electrons. The zero-order valence-corrected chi connectivity index (χ0v) is 14.0. The van der Waals surface area contributed by atoms with Crippen molar-refractivity contribution < 1.29 is 0 Å². The molecular weight excluding hydrogens is 268 g/mol. The van der Waals surface area contributed by atoms with Crippen molar-refractivity contribution >= 4 is 0 Å². The van der Waals surface area contributed by atoms with Gasteiger partial charge in [-0.05, 0) is 63.2 Å². The lowest BCUT2D eigenvalue weighted by Gasteiger charge is -2.28. The fourth-order valence-corrected chi connectivity index (χ4v) is 3.23. The lowest BCUT2D eigenvalue weighted by molar-refractivity contribution is 0.598. The molecule has 0 amide bonds. The van der Waals surface area contributed by atoms with Gasteiger partial charge in [-0.25, -0.2) is 0 Å². The highest BCUT2D eigenvalue weighted by atomic mass is 14.6. The Labute approximate surface area is 134 Å². The summed E-state index contributed by atoms with van der Waals surface area (Å²) in [4.78, 5) is 0. The Kier molecular flexibility index (Phi) is 5.25. The van der Waals surface area contributed by atoms with Gasteiger partial charge in [0, 0.05) is 11.7 Å². The molecule has 0 aromatic rings. The van der Waals surface area contributed by atoms with E-state index in [1.54, 1.807) is 0 Å². The Hall–Kier alpha value is -1.80. The highest BCUT2D eigenvalue weighted by Gasteiger charge is 2.22. The van der Waals surface area contributed by atoms with Crippen molar-refractivity contribution in [3.63, 3.8) is 0 Å². The maximum Gasteiger partial charge on any atom is 0.0335 e. The van der Waals surface area contributed by atoms with Crippen LogP contribution in [0.15, 0.2) is 70.5 Å². The molecular formula is C20H28N2. The second-order valence-corrected chi connectivity index (χ2v) is 6.53. The van der Waals surface area contributed by atoms with Crippen LogP contribution in [0, 0.1) is 5.92 Å². The Balaban J connectivity index is 2.26. The van der Waals surface area contributed by atoms with Gasteiger partial charge in [-0.15, -0.1) is 0 Å². The molecule has 22 heavy (non-hydrogen) atoms. The van der Waals surface area contributed by atoms with Crippen molar-refractivity contribution in [1.29, 1.82) is 0 Å². The summed E-state index contributed by atoms with van der Waals surface area (Å²) in [6.45, 7) is 10.4. The van der Waals surface area contributed by atoms with E-state index in [0.29, 0.717) is 5.92 Å². The quantitative estimate of drug-likeness (QED) is 0.760. The summed E-state index contributed by atoms with van der Waals surface area (Å²) in [7, 11) is 0. The second-order valence-electron chi connectivity index (χ2n) is 6.53. The predicted molar refractivity (Wildman–Crippen MR) is 96.1 cm³/mol. The van der Waals surface area contributed by atoms with Crippen LogP contribution in [0.1, 0.15) is 40.0 Å². The van der Waals surface area contributed by atoms with E-state index in [0.717, 1.165) is 25.0 Å². The summed E-state index contributed by atoms with van der Waals surface area (Å²) in [5, 5.41) is 0. The summed E-state index contributed by atoms with van der Waals surface area (Å²) in [6.07, 6.45) is 13.4. The number of rotatable bonds is 4. The van der Waals surface area contributed by atoms with Gasteiger partial charge in [-0.1, -0.05) is 47.6 Å². The van der Waals surface area contributed by atoms with Gasteiger partial charge in [0.25, 0.3) is 0 Å². The van der Waals surface area contributed by atoms with Crippen LogP contribution in [0.2, 0.25) is 0 Å². The van der Waals surface area contributed by atoms with Crippen LogP contribution in [0.25, 0.3) is 0 Å². The molecule has 0 aromatic carbocycles. The molecule has 0 bridgehead atoms. The van der Waals surface area contributed by atoms with Crippen LogP contribution in [-0.4, -0.2) is 6.04 Å². The van der Waals surface area contributed by atoms with Crippen molar-refractivity contribution in [3.05, 3.63) is 70.5 Å². The van der Waals surface area contributed by atoms with Crippen LogP contribution in [0.4, 0.5) is 0 Å². The summed E-state index contributed by atoms with van der Waals surface area (Å²) < 4.78 is 0. The number of allylic oxidation sites excluding steroid dienone is 7. The molecule has 118 valence electrons. The lowest BCUT2D eigenvalue weighted by atomic mass is 9.79. The van der Waals surface area contributed by atoms with Gasteiger partial charge in [0.05, 0.1) is 0 Å². The van der Waals surface area contributed by atoms with Gasteiger partial charge >= 0.3 is 0 Å². The van der Waals surface area contributed by atoms with Gasteiger partial charge in [0.2, 0.25) is 0 Å². The maximum atomic E-state index is 6.40. The molecule has 2 aliphatic carbocycles. The first-order chi connectivity index (χ1) is 10.4. The largest absolute Gasteiger partial charge is 0.399 e. The lowest BCUT2D eigenvalue weighted by Crippen LogP contribution is -2.27. The van der Waals surface area contributed by atoms with E-state index in [-0.39, 0.29) is 6.04 Å². The van der Waals surface area contributed by atoms with E-state index in [9.17, 15) is 0 Å². The van der Waals surface area contributed by atoms with Crippen LogP contribution in [0.3, 0.4) is 0 Å². The maximum absolute atomic E-state index is 6.40. The van der Waals surface area contributed by atoms with Gasteiger partial charge in [-0.3, -0.25) is 0 Å². The molecule has 2 rings (SSSR count). The minimum absolute atomic E-state index is 0.0865. The monoisotopic (exact) mass is 296 g/mol. The van der Waals surface area contributed by atoms with Crippen LogP contribution >= 0.6 is 0 Å². The zero-order valence-electron chi connectivity index (χ0n) is 14.0. The molecule has 4 N–H and O–H groups in total. The molecule has 2 aliphatic rings. The Bertz CT molecular complexity index is 612. The molecule has 0 aromatic heterocycles. The molecule has 0 heterocycles. The molecule has 0 fully saturated rings. The van der Waals surface area contributed by atoms with Crippen LogP contribution in [0.5, 0.6) is 0 Å². The van der Waals surface area contributed by atoms with Crippen molar-refractivity contribution in [2.75, 3.05) is 0 Å². The molecule has 0 spiro atoms. The third-order valence-corrected chi connectivity index (χ3v) is 4.80. The van der Waals surface area contributed by atoms with E-state index < -0.39 is 0 Å². The summed E-state index contributed by atoms with van der Waals surface area (Å²) in [5.41, 5.74) is 19.8. The van der Waals surface area contributed by atoms with E-state index in [2.05, 4.69) is 51.7 Å². The standard InChI is InChI=1S/C20H28N2/c1-5-6-17(12-16-7-8-18(21)9-15(16)4)19-10-13(2)14(3)11-20(19)22/h5-6,8-10,16,20H,1,7,11-12,21-22H2,2-4H3/b17-6-. The van der Waals surface area contributed by atoms with Gasteiger partial charge in [0.1, 0.15) is 0 Å². The van der Waals surface area contributed by atoms with Crippen molar-refractivity contribution in [2.24, 2.45) is 17.4 Å². The number of hydrogen-bond acceptors (Lipinski definition) is 2. The van der Waals surface area contributed by atoms with Crippen molar-refractivity contribution in [1.82, 2.24) is 0 Å². The van der Waals surface area contributed by atoms with Gasteiger partial charge in [0.15, 0.2) is 0 Å². The smallest absolute Gasteiger partial charge is 0.0335 e. The summed E-state index contributed by atoms with van der Waals surface area (Å²) in [5.74, 6) is 0.499. The van der Waals surface area contributed by atoms with Gasteiger partial charge < -0.3 is 11.5 Å². The number of hydrogen-bond donors (Lipinski definition) is 2. The summed E-state index contributed by atoms with van der Waals surface area (Å²) in [6, 6.07) is 0.0865. The summed E-state index contributed by atoms with van der Waals surface area (Å²) >= 11 is 0. The number of nitrogens with two attached hydrogens (primary N) is 2. The fourth-order valence-electron chi connectivity index (χ4n) is 3.23. The van der Waals surface area contributed by atoms with E-state index in [1.807, 2.05) is 6.08 Å². The van der Waals surface area contributed by atoms with E-state index in [4.69, 9.17) is 11.5 Å². The molecule has 0 saturated carbocycles. The molecule has 2 unspecified atom stereocenters. The van der Waals surface area contributed by atoms with E-state index >= 15 is 0 Å². The average Bonchev–Trinajstić information content (AvgIpc) is 2.45. The minimum atomic E-state index is 0.0865. The second kappa shape index (κ2) is 6.97. The Morgan fingerprint density at radius 3 is 2.68 bits per heavy atom. The average molecular weight is 296 g/mol. The molecule has 2 nitrogen and oxygen atoms in total. The van der Waals surface area contributed by atoms with Crippen molar-refractivity contribution in [3.8, 4) is 0 Å². The molecule has 2 heteroatoms. The SMILES string of the molecule is C=C/C=C(/CC1CC=C(N)C=C1C)C1=CC(C)=C(C)CC1N. The minimum Gasteiger partial charge on any atom is -0.399 e. The third-order valence-electron chi connectivity index (χ3n) is 4.80. The highest BCUT2D eigenvalue weighted by Crippen LogP contribution is 2.34. The van der Waals surface area contributed by atoms with E-state index in [1.165, 1.54) is 27.9 Å². The first-order valence-corrected chi connectivity index (χ1v) is 8.01. The molecule has 2 atom stereocenters.